The van der Waals surface area contributed by atoms with Gasteiger partial charge in [0.2, 0.25) is 5.82 Å². The maximum atomic E-state index is 13.3. The standard InChI is InChI=1S/C16H17FN2O2/c1-10-4-5-13(8-11(10)2)12(3)18-14-6-7-15(17)16(9-14)19(20)21/h4-9,12,18H,1-3H3. The molecule has 2 rings (SSSR count). The molecule has 0 fully saturated rings. The molecule has 2 aromatic carbocycles. The maximum absolute atomic E-state index is 13.3. The third-order valence-electron chi connectivity index (χ3n) is 3.56. The van der Waals surface area contributed by atoms with Gasteiger partial charge in [-0.1, -0.05) is 18.2 Å². The normalized spacial score (nSPS) is 12.0. The van der Waals surface area contributed by atoms with E-state index in [4.69, 9.17) is 0 Å². The molecule has 1 unspecified atom stereocenters. The van der Waals surface area contributed by atoms with Gasteiger partial charge in [0.05, 0.1) is 4.92 Å². The average molecular weight is 288 g/mol. The van der Waals surface area contributed by atoms with Gasteiger partial charge in [0.25, 0.3) is 0 Å². The van der Waals surface area contributed by atoms with Gasteiger partial charge in [0, 0.05) is 17.8 Å². The predicted molar refractivity (Wildman–Crippen MR) is 81.0 cm³/mol. The Labute approximate surface area is 122 Å². The van der Waals surface area contributed by atoms with E-state index in [1.54, 1.807) is 0 Å². The van der Waals surface area contributed by atoms with Crippen molar-refractivity contribution in [3.63, 3.8) is 0 Å². The van der Waals surface area contributed by atoms with Crippen molar-refractivity contribution in [2.24, 2.45) is 0 Å². The number of rotatable bonds is 4. The average Bonchev–Trinajstić information content (AvgIpc) is 2.43. The first-order chi connectivity index (χ1) is 9.88. The van der Waals surface area contributed by atoms with Gasteiger partial charge >= 0.3 is 5.69 Å². The number of aryl methyl sites for hydroxylation is 2. The fourth-order valence-corrected chi connectivity index (χ4v) is 2.11. The lowest BCUT2D eigenvalue weighted by atomic mass is 10.0. The van der Waals surface area contributed by atoms with Gasteiger partial charge < -0.3 is 5.32 Å². The smallest absolute Gasteiger partial charge is 0.306 e. The largest absolute Gasteiger partial charge is 0.378 e. The van der Waals surface area contributed by atoms with Gasteiger partial charge in [-0.05, 0) is 49.6 Å². The molecule has 0 aromatic heterocycles. The summed E-state index contributed by atoms with van der Waals surface area (Å²) in [5.41, 5.74) is 3.47. The summed E-state index contributed by atoms with van der Waals surface area (Å²) in [6.45, 7) is 6.04. The van der Waals surface area contributed by atoms with Crippen LogP contribution in [0.1, 0.15) is 29.7 Å². The van der Waals surface area contributed by atoms with Crippen LogP contribution in [0.25, 0.3) is 0 Å². The molecule has 0 amide bonds. The number of nitrogens with zero attached hydrogens (tertiary/aromatic N) is 1. The Bertz CT molecular complexity index is 686. The number of nitrogens with one attached hydrogen (secondary N) is 1. The summed E-state index contributed by atoms with van der Waals surface area (Å²) < 4.78 is 13.3. The molecule has 1 N–H and O–H groups in total. The molecule has 4 nitrogen and oxygen atoms in total. The maximum Gasteiger partial charge on any atom is 0.306 e. The van der Waals surface area contributed by atoms with Crippen LogP contribution in [0.3, 0.4) is 0 Å². The first-order valence-corrected chi connectivity index (χ1v) is 6.66. The highest BCUT2D eigenvalue weighted by Gasteiger charge is 2.15. The molecule has 0 heterocycles. The topological polar surface area (TPSA) is 55.2 Å². The van der Waals surface area contributed by atoms with Crippen LogP contribution in [0, 0.1) is 29.8 Å². The lowest BCUT2D eigenvalue weighted by Crippen LogP contribution is -2.07. The highest BCUT2D eigenvalue weighted by Crippen LogP contribution is 2.26. The number of benzene rings is 2. The van der Waals surface area contributed by atoms with E-state index in [1.807, 2.05) is 32.9 Å². The van der Waals surface area contributed by atoms with E-state index in [0.717, 1.165) is 11.6 Å². The van der Waals surface area contributed by atoms with Crippen LogP contribution in [0.4, 0.5) is 15.8 Å². The van der Waals surface area contributed by atoms with Crippen LogP contribution in [-0.2, 0) is 0 Å². The molecule has 1 atom stereocenters. The fourth-order valence-electron chi connectivity index (χ4n) is 2.11. The first kappa shape index (κ1) is 15.0. The van der Waals surface area contributed by atoms with E-state index >= 15 is 0 Å². The van der Waals surface area contributed by atoms with Crippen molar-refractivity contribution >= 4 is 11.4 Å². The quantitative estimate of drug-likeness (QED) is 0.664. The lowest BCUT2D eigenvalue weighted by Gasteiger charge is -2.17. The van der Waals surface area contributed by atoms with E-state index in [0.29, 0.717) is 5.69 Å². The Morgan fingerprint density at radius 1 is 1.14 bits per heavy atom. The number of hydrogen-bond donors (Lipinski definition) is 1. The van der Waals surface area contributed by atoms with E-state index < -0.39 is 16.4 Å². The fraction of sp³-hybridized carbons (Fsp3) is 0.250. The molecule has 0 bridgehead atoms. The van der Waals surface area contributed by atoms with Gasteiger partial charge in [-0.15, -0.1) is 0 Å². The Morgan fingerprint density at radius 2 is 1.86 bits per heavy atom. The van der Waals surface area contributed by atoms with E-state index in [2.05, 4.69) is 11.4 Å². The minimum absolute atomic E-state index is 0.0330. The molecule has 2 aromatic rings. The second-order valence-corrected chi connectivity index (χ2v) is 5.13. The Kier molecular flexibility index (Phi) is 4.21. The van der Waals surface area contributed by atoms with Crippen LogP contribution in [0.5, 0.6) is 0 Å². The summed E-state index contributed by atoms with van der Waals surface area (Å²) in [7, 11) is 0. The second kappa shape index (κ2) is 5.91. The molecule has 0 radical (unpaired) electrons. The minimum Gasteiger partial charge on any atom is -0.378 e. The van der Waals surface area contributed by atoms with Crippen LogP contribution in [-0.4, -0.2) is 4.92 Å². The zero-order valence-corrected chi connectivity index (χ0v) is 12.2. The second-order valence-electron chi connectivity index (χ2n) is 5.13. The third-order valence-corrected chi connectivity index (χ3v) is 3.56. The van der Waals surface area contributed by atoms with Crippen LogP contribution in [0.15, 0.2) is 36.4 Å². The predicted octanol–water partition coefficient (Wildman–Crippen LogP) is 4.52. The number of anilines is 1. The summed E-state index contributed by atoms with van der Waals surface area (Å²) in [6, 6.07) is 9.91. The molecule has 0 saturated carbocycles. The van der Waals surface area contributed by atoms with Crippen molar-refractivity contribution in [2.45, 2.75) is 26.8 Å². The van der Waals surface area contributed by atoms with Crippen molar-refractivity contribution in [1.29, 1.82) is 0 Å². The highest BCUT2D eigenvalue weighted by molar-refractivity contribution is 5.53. The van der Waals surface area contributed by atoms with Crippen molar-refractivity contribution in [1.82, 2.24) is 0 Å². The number of hydrogen-bond acceptors (Lipinski definition) is 3. The highest BCUT2D eigenvalue weighted by atomic mass is 19.1. The number of nitro groups is 1. The van der Waals surface area contributed by atoms with Crippen LogP contribution >= 0.6 is 0 Å². The molecule has 0 saturated heterocycles. The lowest BCUT2D eigenvalue weighted by molar-refractivity contribution is -0.387. The van der Waals surface area contributed by atoms with Crippen molar-refractivity contribution < 1.29 is 9.31 Å². The van der Waals surface area contributed by atoms with Crippen molar-refractivity contribution in [3.05, 3.63) is 69.0 Å². The molecular formula is C16H17FN2O2. The SMILES string of the molecule is Cc1ccc(C(C)Nc2ccc(F)c([N+](=O)[O-])c2)cc1C. The van der Waals surface area contributed by atoms with E-state index in [1.165, 1.54) is 23.3 Å². The molecule has 0 aliphatic carbocycles. The summed E-state index contributed by atoms with van der Waals surface area (Å²) in [4.78, 5) is 10.0. The Hall–Kier alpha value is -2.43. The van der Waals surface area contributed by atoms with E-state index in [9.17, 15) is 14.5 Å². The van der Waals surface area contributed by atoms with Gasteiger partial charge in [-0.3, -0.25) is 10.1 Å². The van der Waals surface area contributed by atoms with Crippen molar-refractivity contribution in [3.8, 4) is 0 Å². The molecule has 0 aliphatic rings. The first-order valence-electron chi connectivity index (χ1n) is 6.66. The van der Waals surface area contributed by atoms with E-state index in [-0.39, 0.29) is 6.04 Å². The summed E-state index contributed by atoms with van der Waals surface area (Å²) in [6.07, 6.45) is 0. The van der Waals surface area contributed by atoms with Crippen LogP contribution in [0.2, 0.25) is 0 Å². The third kappa shape index (κ3) is 3.37. The molecule has 110 valence electrons. The number of nitro benzene ring substituents is 1. The summed E-state index contributed by atoms with van der Waals surface area (Å²) in [5.74, 6) is -0.829. The summed E-state index contributed by atoms with van der Waals surface area (Å²) in [5, 5.41) is 13.9. The van der Waals surface area contributed by atoms with Gasteiger partial charge in [-0.2, -0.15) is 4.39 Å². The van der Waals surface area contributed by atoms with Crippen LogP contribution < -0.4 is 5.32 Å². The Morgan fingerprint density at radius 3 is 2.48 bits per heavy atom. The van der Waals surface area contributed by atoms with Gasteiger partial charge in [0.1, 0.15) is 0 Å². The minimum atomic E-state index is -0.829. The molecule has 5 heteroatoms. The zero-order chi connectivity index (χ0) is 15.6. The molecule has 21 heavy (non-hydrogen) atoms. The molecule has 0 aliphatic heterocycles. The van der Waals surface area contributed by atoms with Gasteiger partial charge in [-0.25, -0.2) is 0 Å². The molecular weight excluding hydrogens is 271 g/mol. The van der Waals surface area contributed by atoms with Crippen molar-refractivity contribution in [2.75, 3.05) is 5.32 Å². The zero-order valence-electron chi connectivity index (χ0n) is 12.2. The summed E-state index contributed by atoms with van der Waals surface area (Å²) >= 11 is 0. The molecule has 0 spiro atoms. The number of halogens is 1. The Balaban J connectivity index is 2.23. The monoisotopic (exact) mass is 288 g/mol. The van der Waals surface area contributed by atoms with Gasteiger partial charge in [0.15, 0.2) is 0 Å².